The van der Waals surface area contributed by atoms with Crippen LogP contribution in [0.15, 0.2) is 15.0 Å². The van der Waals surface area contributed by atoms with Crippen molar-refractivity contribution in [2.45, 2.75) is 51.9 Å². The van der Waals surface area contributed by atoms with Crippen LogP contribution in [0.2, 0.25) is 0 Å². The first-order valence-electron chi connectivity index (χ1n) is 6.73. The largest absolute Gasteiger partial charge is 0.440 e. The quantitative estimate of drug-likeness (QED) is 0.718. The molecule has 1 saturated carbocycles. The van der Waals surface area contributed by atoms with E-state index in [2.05, 4.69) is 35.8 Å². The lowest BCUT2D eigenvalue weighted by Gasteiger charge is -2.17. The van der Waals surface area contributed by atoms with E-state index in [1.807, 2.05) is 0 Å². The Labute approximate surface area is 116 Å². The summed E-state index contributed by atoms with van der Waals surface area (Å²) in [5.74, 6) is 1.48. The third-order valence-electron chi connectivity index (χ3n) is 4.15. The molecule has 0 saturated heterocycles. The number of benzene rings is 1. The SMILES string of the molecule is Cc1c(Br)cc2nc(C3CCCCC3)oc2c1C. The second-order valence-electron chi connectivity index (χ2n) is 5.34. The van der Waals surface area contributed by atoms with Gasteiger partial charge in [-0.25, -0.2) is 4.98 Å². The van der Waals surface area contributed by atoms with Crippen molar-refractivity contribution < 1.29 is 4.42 Å². The molecule has 0 amide bonds. The number of hydrogen-bond acceptors (Lipinski definition) is 2. The van der Waals surface area contributed by atoms with Crippen LogP contribution in [0.3, 0.4) is 0 Å². The first-order chi connectivity index (χ1) is 8.66. The summed E-state index contributed by atoms with van der Waals surface area (Å²) in [6.07, 6.45) is 6.44. The Balaban J connectivity index is 2.07. The van der Waals surface area contributed by atoms with Gasteiger partial charge < -0.3 is 4.42 Å². The molecular weight excluding hydrogens is 290 g/mol. The van der Waals surface area contributed by atoms with Gasteiger partial charge >= 0.3 is 0 Å². The van der Waals surface area contributed by atoms with Gasteiger partial charge in [-0.2, -0.15) is 0 Å². The van der Waals surface area contributed by atoms with Crippen molar-refractivity contribution >= 4 is 27.0 Å². The zero-order valence-electron chi connectivity index (χ0n) is 10.9. The summed E-state index contributed by atoms with van der Waals surface area (Å²) in [6, 6.07) is 2.08. The number of fused-ring (bicyclic) bond motifs is 1. The first-order valence-corrected chi connectivity index (χ1v) is 7.52. The van der Waals surface area contributed by atoms with Gasteiger partial charge in [0.15, 0.2) is 11.5 Å². The number of oxazole rings is 1. The highest BCUT2D eigenvalue weighted by Crippen LogP contribution is 2.36. The fourth-order valence-corrected chi connectivity index (χ4v) is 3.33. The van der Waals surface area contributed by atoms with Gasteiger partial charge in [-0.15, -0.1) is 0 Å². The Hall–Kier alpha value is -0.830. The van der Waals surface area contributed by atoms with Crippen molar-refractivity contribution in [2.24, 2.45) is 0 Å². The third kappa shape index (κ3) is 1.99. The lowest BCUT2D eigenvalue weighted by molar-refractivity contribution is 0.373. The van der Waals surface area contributed by atoms with Gasteiger partial charge in [-0.1, -0.05) is 35.2 Å². The highest BCUT2D eigenvalue weighted by atomic mass is 79.9. The molecule has 1 aromatic heterocycles. The number of aryl methyl sites for hydroxylation is 1. The van der Waals surface area contributed by atoms with E-state index in [1.54, 1.807) is 0 Å². The molecule has 2 aromatic rings. The van der Waals surface area contributed by atoms with Crippen molar-refractivity contribution in [3.05, 3.63) is 27.6 Å². The molecule has 3 rings (SSSR count). The minimum Gasteiger partial charge on any atom is -0.440 e. The second-order valence-corrected chi connectivity index (χ2v) is 6.20. The van der Waals surface area contributed by atoms with Crippen molar-refractivity contribution in [2.75, 3.05) is 0 Å². The second kappa shape index (κ2) is 4.69. The molecule has 0 spiro atoms. The van der Waals surface area contributed by atoms with Crippen molar-refractivity contribution in [3.63, 3.8) is 0 Å². The van der Waals surface area contributed by atoms with Crippen LogP contribution in [0.5, 0.6) is 0 Å². The fourth-order valence-electron chi connectivity index (χ4n) is 2.82. The Bertz CT molecular complexity index is 582. The summed E-state index contributed by atoms with van der Waals surface area (Å²) in [6.45, 7) is 4.22. The Morgan fingerprint density at radius 2 is 1.89 bits per heavy atom. The standard InChI is InChI=1S/C15H18BrNO/c1-9-10(2)14-13(8-12(9)16)17-15(18-14)11-6-4-3-5-7-11/h8,11H,3-7H2,1-2H3. The summed E-state index contributed by atoms with van der Waals surface area (Å²) in [5, 5.41) is 0. The summed E-state index contributed by atoms with van der Waals surface area (Å²) >= 11 is 3.59. The molecule has 96 valence electrons. The number of nitrogens with zero attached hydrogens (tertiary/aromatic N) is 1. The average Bonchev–Trinajstić information content (AvgIpc) is 2.81. The highest BCUT2D eigenvalue weighted by Gasteiger charge is 2.22. The molecule has 0 N–H and O–H groups in total. The van der Waals surface area contributed by atoms with E-state index in [0.717, 1.165) is 21.5 Å². The lowest BCUT2D eigenvalue weighted by atomic mass is 9.89. The van der Waals surface area contributed by atoms with Gasteiger partial charge in [0.2, 0.25) is 0 Å². The monoisotopic (exact) mass is 307 g/mol. The molecule has 1 aliphatic carbocycles. The molecule has 0 unspecified atom stereocenters. The fraction of sp³-hybridized carbons (Fsp3) is 0.533. The normalized spacial score (nSPS) is 17.5. The van der Waals surface area contributed by atoms with Gasteiger partial charge in [0.1, 0.15) is 5.52 Å². The Kier molecular flexibility index (Phi) is 3.18. The van der Waals surface area contributed by atoms with E-state index in [9.17, 15) is 0 Å². The molecule has 3 heteroatoms. The molecule has 1 heterocycles. The maximum absolute atomic E-state index is 6.04. The van der Waals surface area contributed by atoms with Gasteiger partial charge in [0, 0.05) is 10.4 Å². The Morgan fingerprint density at radius 3 is 2.61 bits per heavy atom. The highest BCUT2D eigenvalue weighted by molar-refractivity contribution is 9.10. The van der Waals surface area contributed by atoms with Gasteiger partial charge in [0.05, 0.1) is 0 Å². The van der Waals surface area contributed by atoms with E-state index in [4.69, 9.17) is 9.40 Å². The molecule has 18 heavy (non-hydrogen) atoms. The van der Waals surface area contributed by atoms with E-state index >= 15 is 0 Å². The third-order valence-corrected chi connectivity index (χ3v) is 4.97. The zero-order chi connectivity index (χ0) is 12.7. The van der Waals surface area contributed by atoms with Crippen LogP contribution >= 0.6 is 15.9 Å². The predicted molar refractivity (Wildman–Crippen MR) is 77.0 cm³/mol. The van der Waals surface area contributed by atoms with Crippen LogP contribution in [0.4, 0.5) is 0 Å². The molecule has 1 aliphatic rings. The van der Waals surface area contributed by atoms with E-state index < -0.39 is 0 Å². The summed E-state index contributed by atoms with van der Waals surface area (Å²) in [4.78, 5) is 4.70. The maximum atomic E-state index is 6.04. The topological polar surface area (TPSA) is 26.0 Å². The minimum absolute atomic E-state index is 0.532. The van der Waals surface area contributed by atoms with E-state index in [-0.39, 0.29) is 0 Å². The molecule has 0 bridgehead atoms. The predicted octanol–water partition coefficient (Wildman–Crippen LogP) is 5.25. The van der Waals surface area contributed by atoms with Crippen molar-refractivity contribution in [1.29, 1.82) is 0 Å². The van der Waals surface area contributed by atoms with Crippen LogP contribution < -0.4 is 0 Å². The van der Waals surface area contributed by atoms with Crippen LogP contribution in [0, 0.1) is 13.8 Å². The molecule has 1 aromatic carbocycles. The van der Waals surface area contributed by atoms with Crippen molar-refractivity contribution in [3.8, 4) is 0 Å². The molecular formula is C15H18BrNO. The van der Waals surface area contributed by atoms with Crippen LogP contribution in [0.25, 0.3) is 11.1 Å². The average molecular weight is 308 g/mol. The molecule has 2 nitrogen and oxygen atoms in total. The molecule has 0 radical (unpaired) electrons. The Morgan fingerprint density at radius 1 is 1.17 bits per heavy atom. The lowest BCUT2D eigenvalue weighted by Crippen LogP contribution is -2.04. The first kappa shape index (κ1) is 12.2. The summed E-state index contributed by atoms with van der Waals surface area (Å²) in [7, 11) is 0. The van der Waals surface area contributed by atoms with E-state index in [1.165, 1.54) is 43.2 Å². The molecule has 1 fully saturated rings. The van der Waals surface area contributed by atoms with Gasteiger partial charge in [-0.05, 0) is 43.9 Å². The summed E-state index contributed by atoms with van der Waals surface area (Å²) in [5.41, 5.74) is 4.41. The number of halogens is 1. The van der Waals surface area contributed by atoms with Crippen LogP contribution in [0.1, 0.15) is 55.0 Å². The maximum Gasteiger partial charge on any atom is 0.198 e. The van der Waals surface area contributed by atoms with Crippen LogP contribution in [-0.2, 0) is 0 Å². The minimum atomic E-state index is 0.532. The smallest absolute Gasteiger partial charge is 0.198 e. The van der Waals surface area contributed by atoms with Gasteiger partial charge in [0.25, 0.3) is 0 Å². The number of rotatable bonds is 1. The molecule has 0 aliphatic heterocycles. The molecule has 0 atom stereocenters. The zero-order valence-corrected chi connectivity index (χ0v) is 12.5. The van der Waals surface area contributed by atoms with Crippen LogP contribution in [-0.4, -0.2) is 4.98 Å². The van der Waals surface area contributed by atoms with E-state index in [0.29, 0.717) is 5.92 Å². The van der Waals surface area contributed by atoms with Gasteiger partial charge in [-0.3, -0.25) is 0 Å². The number of aromatic nitrogens is 1. The summed E-state index contributed by atoms with van der Waals surface area (Å²) < 4.78 is 7.16. The van der Waals surface area contributed by atoms with Crippen molar-refractivity contribution in [1.82, 2.24) is 4.98 Å². The number of hydrogen-bond donors (Lipinski definition) is 0.